The first kappa shape index (κ1) is 22.0. The number of allylic oxidation sites excluding steroid dienone is 3. The molecule has 156 valence electrons. The number of oxime groups is 1. The monoisotopic (exact) mass is 467 g/mol. The van der Waals surface area contributed by atoms with Gasteiger partial charge in [-0.2, -0.15) is 13.2 Å². The molecule has 1 amide bonds. The predicted octanol–water partition coefficient (Wildman–Crippen LogP) is 5.05. The normalized spacial score (nSPS) is 24.4. The van der Waals surface area contributed by atoms with E-state index in [1.165, 1.54) is 37.3 Å². The van der Waals surface area contributed by atoms with Crippen molar-refractivity contribution >= 4 is 52.1 Å². The van der Waals surface area contributed by atoms with Crippen LogP contribution in [0.1, 0.15) is 25.3 Å². The molecule has 0 aromatic heterocycles. The van der Waals surface area contributed by atoms with E-state index in [9.17, 15) is 18.0 Å². The molecule has 0 spiro atoms. The van der Waals surface area contributed by atoms with E-state index in [0.29, 0.717) is 0 Å². The van der Waals surface area contributed by atoms with Crippen molar-refractivity contribution in [1.29, 1.82) is 0 Å². The molecule has 1 aliphatic carbocycles. The summed E-state index contributed by atoms with van der Waals surface area (Å²) >= 11 is 18.0. The molecule has 29 heavy (non-hydrogen) atoms. The van der Waals surface area contributed by atoms with Gasteiger partial charge >= 0.3 is 6.18 Å². The maximum Gasteiger partial charge on any atom is 0.435 e. The van der Waals surface area contributed by atoms with E-state index >= 15 is 0 Å². The minimum atomic E-state index is -4.77. The molecule has 0 saturated carbocycles. The second-order valence-electron chi connectivity index (χ2n) is 6.63. The van der Waals surface area contributed by atoms with E-state index in [1.807, 2.05) is 0 Å². The summed E-state index contributed by atoms with van der Waals surface area (Å²) in [5.41, 5.74) is -2.36. The molecule has 3 rings (SSSR count). The number of amides is 1. The van der Waals surface area contributed by atoms with Crippen molar-refractivity contribution in [2.24, 2.45) is 11.0 Å². The Morgan fingerprint density at radius 2 is 2.07 bits per heavy atom. The number of halogens is 6. The molecule has 0 bridgehead atoms. The van der Waals surface area contributed by atoms with Crippen LogP contribution in [0.3, 0.4) is 0 Å². The highest BCUT2D eigenvalue weighted by atomic mass is 35.5. The van der Waals surface area contributed by atoms with E-state index in [0.717, 1.165) is 5.01 Å². The summed E-state index contributed by atoms with van der Waals surface area (Å²) < 4.78 is 42.2. The van der Waals surface area contributed by atoms with Crippen LogP contribution in [0.2, 0.25) is 5.02 Å². The number of hydrogen-bond acceptors (Lipinski definition) is 4. The fraction of sp³-hybridized carbons (Fsp3) is 0.333. The van der Waals surface area contributed by atoms with Crippen molar-refractivity contribution < 1.29 is 22.8 Å². The second kappa shape index (κ2) is 7.83. The van der Waals surface area contributed by atoms with Gasteiger partial charge in [0.2, 0.25) is 5.91 Å². The first-order chi connectivity index (χ1) is 13.4. The van der Waals surface area contributed by atoms with Gasteiger partial charge in [0.1, 0.15) is 0 Å². The summed E-state index contributed by atoms with van der Waals surface area (Å²) in [7, 11) is 0. The van der Waals surface area contributed by atoms with Crippen LogP contribution in [0.25, 0.3) is 0 Å². The first-order valence-corrected chi connectivity index (χ1v) is 9.53. The first-order valence-electron chi connectivity index (χ1n) is 8.34. The van der Waals surface area contributed by atoms with E-state index in [-0.39, 0.29) is 39.0 Å². The van der Waals surface area contributed by atoms with Crippen LogP contribution in [0.4, 0.5) is 18.9 Å². The van der Waals surface area contributed by atoms with Crippen molar-refractivity contribution in [3.05, 3.63) is 51.5 Å². The number of nitrogens with two attached hydrogens (primary N) is 1. The summed E-state index contributed by atoms with van der Waals surface area (Å²) in [6, 6.07) is 4.27. The molecule has 2 aliphatic rings. The predicted molar refractivity (Wildman–Crippen MR) is 106 cm³/mol. The van der Waals surface area contributed by atoms with Crippen molar-refractivity contribution in [2.75, 3.05) is 5.01 Å². The quantitative estimate of drug-likeness (QED) is 0.292. The summed E-state index contributed by atoms with van der Waals surface area (Å²) in [4.78, 5) is 16.5. The van der Waals surface area contributed by atoms with Gasteiger partial charge in [-0.1, -0.05) is 34.4 Å². The molecule has 5 nitrogen and oxygen atoms in total. The number of carbonyl (C=O) groups is 1. The zero-order chi connectivity index (χ0) is 21.6. The van der Waals surface area contributed by atoms with Gasteiger partial charge in [0.25, 0.3) is 5.60 Å². The lowest BCUT2D eigenvalue weighted by Gasteiger charge is -2.33. The summed E-state index contributed by atoms with van der Waals surface area (Å²) in [5, 5.41) is 4.05. The summed E-state index contributed by atoms with van der Waals surface area (Å²) in [5.74, 6) is 5.18. The fourth-order valence-electron chi connectivity index (χ4n) is 3.14. The molecule has 1 aromatic carbocycles. The number of rotatable bonds is 3. The molecule has 2 atom stereocenters. The Bertz CT molecular complexity index is 946. The van der Waals surface area contributed by atoms with Crippen molar-refractivity contribution in [3.8, 4) is 0 Å². The molecule has 0 fully saturated rings. The Morgan fingerprint density at radius 1 is 1.38 bits per heavy atom. The molecular formula is C18H15Cl3F3N3O2. The van der Waals surface area contributed by atoms with Crippen LogP contribution in [0, 0.1) is 0 Å². The lowest BCUT2D eigenvalue weighted by atomic mass is 9.82. The highest BCUT2D eigenvalue weighted by Crippen LogP contribution is 2.49. The van der Waals surface area contributed by atoms with Gasteiger partial charge in [-0.3, -0.25) is 4.79 Å². The average molecular weight is 469 g/mol. The Balaban J connectivity index is 1.99. The van der Waals surface area contributed by atoms with Gasteiger partial charge in [-0.15, -0.1) is 11.6 Å². The topological polar surface area (TPSA) is 67.9 Å². The van der Waals surface area contributed by atoms with Gasteiger partial charge < -0.3 is 4.84 Å². The minimum absolute atomic E-state index is 0.0230. The number of hydrogen-bond donors (Lipinski definition) is 1. The Kier molecular flexibility index (Phi) is 5.93. The smallest absolute Gasteiger partial charge is 0.374 e. The van der Waals surface area contributed by atoms with Crippen LogP contribution >= 0.6 is 34.8 Å². The highest BCUT2D eigenvalue weighted by molar-refractivity contribution is 6.34. The van der Waals surface area contributed by atoms with Crippen molar-refractivity contribution in [3.63, 3.8) is 0 Å². The van der Waals surface area contributed by atoms with E-state index in [4.69, 9.17) is 45.5 Å². The zero-order valence-corrected chi connectivity index (χ0v) is 17.2. The second-order valence-corrected chi connectivity index (χ2v) is 8.03. The van der Waals surface area contributed by atoms with Gasteiger partial charge in [0.15, 0.2) is 0 Å². The number of nitrogens with zero attached hydrogens (tertiary/aromatic N) is 2. The van der Waals surface area contributed by atoms with Crippen molar-refractivity contribution in [2.45, 2.75) is 36.9 Å². The Labute approximate surface area is 179 Å². The standard InChI is InChI=1S/C18H15Cl3F3N3O2/c1-9(28)27(25)16-4-10(2-3-14(16)21)15-8-17(29-26-15,18(22,23)24)11-5-12(19)7-13(20)6-11/h2-5,7,13H,6,8,25H2,1H3. The molecule has 2 unspecified atom stereocenters. The highest BCUT2D eigenvalue weighted by Gasteiger charge is 2.63. The Hall–Kier alpha value is -1.74. The molecule has 0 radical (unpaired) electrons. The minimum Gasteiger partial charge on any atom is -0.374 e. The van der Waals surface area contributed by atoms with E-state index in [2.05, 4.69) is 5.16 Å². The van der Waals surface area contributed by atoms with Crippen LogP contribution in [0.5, 0.6) is 0 Å². The Morgan fingerprint density at radius 3 is 2.66 bits per heavy atom. The lowest BCUT2D eigenvalue weighted by molar-refractivity contribution is -0.253. The number of alkyl halides is 4. The number of carbonyl (C=O) groups excluding carboxylic acids is 1. The van der Waals surface area contributed by atoms with Gasteiger partial charge in [-0.05, 0) is 36.3 Å². The third-order valence-electron chi connectivity index (χ3n) is 4.65. The lowest BCUT2D eigenvalue weighted by Crippen LogP contribution is -2.48. The molecule has 1 aliphatic heterocycles. The number of anilines is 1. The maximum absolute atomic E-state index is 14.1. The third-order valence-corrected chi connectivity index (χ3v) is 5.48. The van der Waals surface area contributed by atoms with E-state index in [1.54, 1.807) is 0 Å². The third kappa shape index (κ3) is 4.12. The number of hydrazine groups is 1. The van der Waals surface area contributed by atoms with Crippen LogP contribution in [-0.2, 0) is 9.63 Å². The SMILES string of the molecule is CC(=O)N(N)c1cc(C2=NOC(C3=CC(Cl)=CC(Cl)C3)(C(F)(F)F)C2)ccc1Cl. The van der Waals surface area contributed by atoms with Gasteiger partial charge in [0, 0.05) is 23.9 Å². The molecule has 0 saturated heterocycles. The number of benzene rings is 1. The van der Waals surface area contributed by atoms with Gasteiger partial charge in [0.05, 0.1) is 21.8 Å². The fourth-order valence-corrected chi connectivity index (χ4v) is 4.00. The van der Waals surface area contributed by atoms with Crippen LogP contribution in [0.15, 0.2) is 46.1 Å². The van der Waals surface area contributed by atoms with Crippen LogP contribution < -0.4 is 10.9 Å². The zero-order valence-electron chi connectivity index (χ0n) is 14.9. The molecule has 2 N–H and O–H groups in total. The average Bonchev–Trinajstić information content (AvgIpc) is 3.07. The molecule has 1 heterocycles. The largest absolute Gasteiger partial charge is 0.435 e. The molecule has 1 aromatic rings. The maximum atomic E-state index is 14.1. The molecular weight excluding hydrogens is 454 g/mol. The molecule has 11 heteroatoms. The summed E-state index contributed by atoms with van der Waals surface area (Å²) in [6.07, 6.45) is -2.80. The van der Waals surface area contributed by atoms with Crippen LogP contribution in [-0.4, -0.2) is 28.8 Å². The summed E-state index contributed by atoms with van der Waals surface area (Å²) in [6.45, 7) is 1.23. The van der Waals surface area contributed by atoms with Crippen molar-refractivity contribution in [1.82, 2.24) is 0 Å². The van der Waals surface area contributed by atoms with Gasteiger partial charge in [-0.25, -0.2) is 10.9 Å². The van der Waals surface area contributed by atoms with E-state index < -0.39 is 29.5 Å².